The van der Waals surface area contributed by atoms with Gasteiger partial charge in [0.1, 0.15) is 5.82 Å². The molecule has 0 unspecified atom stereocenters. The number of aromatic nitrogens is 2. The van der Waals surface area contributed by atoms with Gasteiger partial charge in [-0.3, -0.25) is 10.1 Å². The van der Waals surface area contributed by atoms with Gasteiger partial charge in [-0.25, -0.2) is 9.97 Å². The van der Waals surface area contributed by atoms with Crippen molar-refractivity contribution >= 4 is 39.8 Å². The number of rotatable bonds is 3. The molecular formula is C11H11ClN4OS. The highest BCUT2D eigenvalue weighted by Gasteiger charge is 2.11. The minimum Gasteiger partial charge on any atom is -0.372 e. The molecule has 0 atom stereocenters. The molecule has 94 valence electrons. The molecule has 0 saturated heterocycles. The standard InChI is InChI=1S/C11H11ClN4OS/c1-6-5-18-11(15-6)16-10(17)7-3-8(12)9(13-2)14-4-7/h3-5H,1-2H3,(H,13,14)(H,15,16,17). The Balaban J connectivity index is 2.16. The Bertz CT molecular complexity index is 584. The van der Waals surface area contributed by atoms with Crippen molar-refractivity contribution in [3.05, 3.63) is 33.9 Å². The molecule has 0 saturated carbocycles. The summed E-state index contributed by atoms with van der Waals surface area (Å²) in [6.45, 7) is 1.87. The highest BCUT2D eigenvalue weighted by Crippen LogP contribution is 2.21. The summed E-state index contributed by atoms with van der Waals surface area (Å²) in [5, 5.41) is 8.35. The molecule has 0 bridgehead atoms. The smallest absolute Gasteiger partial charge is 0.259 e. The molecule has 0 aliphatic carbocycles. The van der Waals surface area contributed by atoms with Crippen LogP contribution in [-0.4, -0.2) is 22.9 Å². The van der Waals surface area contributed by atoms with Crippen LogP contribution in [0.1, 0.15) is 16.1 Å². The topological polar surface area (TPSA) is 66.9 Å². The number of thiazole rings is 1. The van der Waals surface area contributed by atoms with Gasteiger partial charge in [0.15, 0.2) is 5.13 Å². The van der Waals surface area contributed by atoms with Gasteiger partial charge in [-0.15, -0.1) is 11.3 Å². The Labute approximate surface area is 113 Å². The minimum atomic E-state index is -0.276. The van der Waals surface area contributed by atoms with Crippen LogP contribution in [0.5, 0.6) is 0 Å². The predicted molar refractivity (Wildman–Crippen MR) is 73.6 cm³/mol. The van der Waals surface area contributed by atoms with Crippen LogP contribution in [0.25, 0.3) is 0 Å². The summed E-state index contributed by atoms with van der Waals surface area (Å²) in [6, 6.07) is 1.57. The molecule has 0 spiro atoms. The van der Waals surface area contributed by atoms with Crippen LogP contribution in [0.3, 0.4) is 0 Å². The van der Waals surface area contributed by atoms with E-state index in [1.54, 1.807) is 13.1 Å². The normalized spacial score (nSPS) is 10.2. The maximum Gasteiger partial charge on any atom is 0.259 e. The van der Waals surface area contributed by atoms with Gasteiger partial charge < -0.3 is 5.32 Å². The molecular weight excluding hydrogens is 272 g/mol. The van der Waals surface area contributed by atoms with Gasteiger partial charge >= 0.3 is 0 Å². The van der Waals surface area contributed by atoms with Crippen LogP contribution in [0, 0.1) is 6.92 Å². The monoisotopic (exact) mass is 282 g/mol. The number of amides is 1. The van der Waals surface area contributed by atoms with E-state index in [-0.39, 0.29) is 5.91 Å². The number of halogens is 1. The molecule has 18 heavy (non-hydrogen) atoms. The molecule has 2 heterocycles. The molecule has 2 rings (SSSR count). The molecule has 2 N–H and O–H groups in total. The zero-order valence-corrected chi connectivity index (χ0v) is 11.4. The number of carbonyl (C=O) groups is 1. The minimum absolute atomic E-state index is 0.276. The summed E-state index contributed by atoms with van der Waals surface area (Å²) in [7, 11) is 1.71. The molecule has 0 aromatic carbocycles. The number of aryl methyl sites for hydroxylation is 1. The molecule has 2 aromatic heterocycles. The van der Waals surface area contributed by atoms with Crippen LogP contribution in [0.2, 0.25) is 5.02 Å². The molecule has 7 heteroatoms. The van der Waals surface area contributed by atoms with Crippen LogP contribution < -0.4 is 10.6 Å². The molecule has 0 radical (unpaired) electrons. The first kappa shape index (κ1) is 12.8. The van der Waals surface area contributed by atoms with Crippen molar-refractivity contribution in [1.82, 2.24) is 9.97 Å². The van der Waals surface area contributed by atoms with Gasteiger partial charge in [-0.05, 0) is 13.0 Å². The molecule has 1 amide bonds. The van der Waals surface area contributed by atoms with Crippen molar-refractivity contribution in [3.8, 4) is 0 Å². The number of nitrogens with zero attached hydrogens (tertiary/aromatic N) is 2. The Morgan fingerprint density at radius 3 is 2.83 bits per heavy atom. The second-order valence-corrected chi connectivity index (χ2v) is 4.82. The number of carbonyl (C=O) groups excluding carboxylic acids is 1. The van der Waals surface area contributed by atoms with Crippen LogP contribution >= 0.6 is 22.9 Å². The van der Waals surface area contributed by atoms with E-state index >= 15 is 0 Å². The van der Waals surface area contributed by atoms with Crippen LogP contribution in [-0.2, 0) is 0 Å². The third-order valence-corrected chi connectivity index (χ3v) is 3.34. The van der Waals surface area contributed by atoms with E-state index in [0.717, 1.165) is 5.69 Å². The van der Waals surface area contributed by atoms with Gasteiger partial charge in [0, 0.05) is 18.6 Å². The summed E-state index contributed by atoms with van der Waals surface area (Å²) in [6.07, 6.45) is 1.47. The predicted octanol–water partition coefficient (Wildman–Crippen LogP) is 2.79. The van der Waals surface area contributed by atoms with Gasteiger partial charge in [0.25, 0.3) is 5.91 Å². The van der Waals surface area contributed by atoms with E-state index in [1.165, 1.54) is 17.5 Å². The van der Waals surface area contributed by atoms with E-state index < -0.39 is 0 Å². The summed E-state index contributed by atoms with van der Waals surface area (Å²) in [4.78, 5) is 20.1. The third kappa shape index (κ3) is 2.77. The fourth-order valence-corrected chi connectivity index (χ4v) is 2.27. The highest BCUT2D eigenvalue weighted by molar-refractivity contribution is 7.13. The van der Waals surface area contributed by atoms with Crippen molar-refractivity contribution in [1.29, 1.82) is 0 Å². The van der Waals surface area contributed by atoms with Crippen molar-refractivity contribution in [2.45, 2.75) is 6.92 Å². The van der Waals surface area contributed by atoms with Gasteiger partial charge in [0.05, 0.1) is 16.3 Å². The van der Waals surface area contributed by atoms with Crippen molar-refractivity contribution < 1.29 is 4.79 Å². The summed E-state index contributed by atoms with van der Waals surface area (Å²) < 4.78 is 0. The first-order chi connectivity index (χ1) is 8.60. The van der Waals surface area contributed by atoms with E-state index in [9.17, 15) is 4.79 Å². The van der Waals surface area contributed by atoms with Crippen molar-refractivity contribution in [2.24, 2.45) is 0 Å². The van der Waals surface area contributed by atoms with Gasteiger partial charge in [-0.2, -0.15) is 0 Å². The number of hydrogen-bond acceptors (Lipinski definition) is 5. The Kier molecular flexibility index (Phi) is 3.78. The van der Waals surface area contributed by atoms with E-state index in [2.05, 4.69) is 20.6 Å². The summed E-state index contributed by atoms with van der Waals surface area (Å²) >= 11 is 7.34. The molecule has 0 aliphatic heterocycles. The number of anilines is 2. The first-order valence-electron chi connectivity index (χ1n) is 5.17. The molecule has 5 nitrogen and oxygen atoms in total. The molecule has 0 fully saturated rings. The molecule has 0 aliphatic rings. The maximum absolute atomic E-state index is 11.9. The van der Waals surface area contributed by atoms with E-state index in [0.29, 0.717) is 21.5 Å². The SMILES string of the molecule is CNc1ncc(C(=O)Nc2nc(C)cs2)cc1Cl. The second kappa shape index (κ2) is 5.32. The van der Waals surface area contributed by atoms with Crippen molar-refractivity contribution in [3.63, 3.8) is 0 Å². The first-order valence-corrected chi connectivity index (χ1v) is 6.42. The average molecular weight is 283 g/mol. The zero-order valence-electron chi connectivity index (χ0n) is 9.82. The zero-order chi connectivity index (χ0) is 13.1. The lowest BCUT2D eigenvalue weighted by atomic mass is 10.2. The quantitative estimate of drug-likeness (QED) is 0.908. The van der Waals surface area contributed by atoms with Crippen molar-refractivity contribution in [2.75, 3.05) is 17.7 Å². The van der Waals surface area contributed by atoms with Crippen LogP contribution in [0.4, 0.5) is 10.9 Å². The van der Waals surface area contributed by atoms with Gasteiger partial charge in [-0.1, -0.05) is 11.6 Å². The van der Waals surface area contributed by atoms with Crippen LogP contribution in [0.15, 0.2) is 17.6 Å². The Morgan fingerprint density at radius 1 is 1.50 bits per heavy atom. The number of hydrogen-bond donors (Lipinski definition) is 2. The largest absolute Gasteiger partial charge is 0.372 e. The maximum atomic E-state index is 11.9. The second-order valence-electron chi connectivity index (χ2n) is 3.55. The Hall–Kier alpha value is -1.66. The fraction of sp³-hybridized carbons (Fsp3) is 0.182. The Morgan fingerprint density at radius 2 is 2.28 bits per heavy atom. The summed E-state index contributed by atoms with van der Waals surface area (Å²) in [5.74, 6) is 0.264. The lowest BCUT2D eigenvalue weighted by molar-refractivity contribution is 0.102. The average Bonchev–Trinajstić information content (AvgIpc) is 2.74. The van der Waals surface area contributed by atoms with Gasteiger partial charge in [0.2, 0.25) is 0 Å². The number of pyridine rings is 1. The molecule has 2 aromatic rings. The third-order valence-electron chi connectivity index (χ3n) is 2.18. The fourth-order valence-electron chi connectivity index (χ4n) is 1.33. The lowest BCUT2D eigenvalue weighted by Gasteiger charge is -2.05. The number of nitrogens with one attached hydrogen (secondary N) is 2. The highest BCUT2D eigenvalue weighted by atomic mass is 35.5. The summed E-state index contributed by atoms with van der Waals surface area (Å²) in [5.41, 5.74) is 1.27. The van der Waals surface area contributed by atoms with E-state index in [4.69, 9.17) is 11.6 Å². The van der Waals surface area contributed by atoms with E-state index in [1.807, 2.05) is 12.3 Å². The lowest BCUT2D eigenvalue weighted by Crippen LogP contribution is -2.12.